The minimum absolute atomic E-state index is 0.688. The Kier molecular flexibility index (Phi) is 4.58. The molecule has 0 bridgehead atoms. The molecule has 0 aliphatic heterocycles. The van der Waals surface area contributed by atoms with Gasteiger partial charge in [0.15, 0.2) is 0 Å². The molecule has 0 saturated carbocycles. The van der Waals surface area contributed by atoms with E-state index >= 15 is 0 Å². The van der Waals surface area contributed by atoms with Crippen LogP contribution in [0.4, 0.5) is 11.6 Å². The van der Waals surface area contributed by atoms with E-state index in [1.54, 1.807) is 6.33 Å². The van der Waals surface area contributed by atoms with E-state index in [4.69, 9.17) is 11.6 Å². The smallest absolute Gasteiger partial charge is 0.134 e. The van der Waals surface area contributed by atoms with Crippen LogP contribution < -0.4 is 10.6 Å². The Morgan fingerprint density at radius 3 is 2.68 bits per heavy atom. The van der Waals surface area contributed by atoms with E-state index in [2.05, 4.69) is 27.5 Å². The van der Waals surface area contributed by atoms with Gasteiger partial charge in [-0.25, -0.2) is 9.97 Å². The Balaban J connectivity index is 2.15. The number of nitrogens with zero attached hydrogens (tertiary/aromatic N) is 2. The zero-order chi connectivity index (χ0) is 13.7. The Morgan fingerprint density at radius 2 is 2.00 bits per heavy atom. The van der Waals surface area contributed by atoms with Gasteiger partial charge in [-0.2, -0.15) is 0 Å². The van der Waals surface area contributed by atoms with Crippen molar-refractivity contribution in [2.45, 2.75) is 19.9 Å². The lowest BCUT2D eigenvalue weighted by Gasteiger charge is -2.12. The highest BCUT2D eigenvalue weighted by Crippen LogP contribution is 2.20. The Labute approximate surface area is 118 Å². The van der Waals surface area contributed by atoms with Crippen LogP contribution in [0.15, 0.2) is 30.6 Å². The van der Waals surface area contributed by atoms with Crippen molar-refractivity contribution in [2.24, 2.45) is 0 Å². The SMILES string of the molecule is CCc1c(NC)ncnc1NCc1cccc(Cl)c1. The van der Waals surface area contributed by atoms with Crippen LogP contribution >= 0.6 is 11.6 Å². The lowest BCUT2D eigenvalue weighted by atomic mass is 10.2. The molecule has 0 aliphatic rings. The van der Waals surface area contributed by atoms with Gasteiger partial charge in [0, 0.05) is 24.2 Å². The molecule has 0 spiro atoms. The molecule has 5 heteroatoms. The summed E-state index contributed by atoms with van der Waals surface area (Å²) in [6.07, 6.45) is 2.43. The number of hydrogen-bond donors (Lipinski definition) is 2. The molecule has 2 rings (SSSR count). The molecule has 0 unspecified atom stereocenters. The molecule has 2 N–H and O–H groups in total. The van der Waals surface area contributed by atoms with E-state index in [-0.39, 0.29) is 0 Å². The highest BCUT2D eigenvalue weighted by atomic mass is 35.5. The van der Waals surface area contributed by atoms with Crippen LogP contribution in [-0.2, 0) is 13.0 Å². The lowest BCUT2D eigenvalue weighted by molar-refractivity contribution is 1.01. The van der Waals surface area contributed by atoms with Gasteiger partial charge in [0.1, 0.15) is 18.0 Å². The van der Waals surface area contributed by atoms with Crippen molar-refractivity contribution < 1.29 is 0 Å². The minimum Gasteiger partial charge on any atom is -0.373 e. The maximum atomic E-state index is 5.97. The molecule has 2 aromatic rings. The molecule has 19 heavy (non-hydrogen) atoms. The second kappa shape index (κ2) is 6.38. The zero-order valence-corrected chi connectivity index (χ0v) is 11.8. The van der Waals surface area contributed by atoms with E-state index < -0.39 is 0 Å². The first kappa shape index (κ1) is 13.6. The largest absolute Gasteiger partial charge is 0.373 e. The summed E-state index contributed by atoms with van der Waals surface area (Å²) >= 11 is 5.97. The Bertz CT molecular complexity index is 557. The first-order chi connectivity index (χ1) is 9.24. The molecule has 100 valence electrons. The molecular weight excluding hydrogens is 260 g/mol. The molecule has 0 fully saturated rings. The van der Waals surface area contributed by atoms with Gasteiger partial charge in [-0.15, -0.1) is 0 Å². The molecule has 1 heterocycles. The fourth-order valence-electron chi connectivity index (χ4n) is 1.95. The molecule has 4 nitrogen and oxygen atoms in total. The number of rotatable bonds is 5. The van der Waals surface area contributed by atoms with E-state index in [9.17, 15) is 0 Å². The summed E-state index contributed by atoms with van der Waals surface area (Å²) in [5.41, 5.74) is 2.21. The van der Waals surface area contributed by atoms with E-state index in [1.807, 2.05) is 31.3 Å². The van der Waals surface area contributed by atoms with Crippen molar-refractivity contribution >= 4 is 23.2 Å². The predicted octanol–water partition coefficient (Wildman–Crippen LogP) is 3.35. The molecular formula is C14H17ClN4. The standard InChI is InChI=1S/C14H17ClN4/c1-3-12-13(16-2)18-9-19-14(12)17-8-10-5-4-6-11(15)7-10/h4-7,9H,3,8H2,1-2H3,(H2,16,17,18,19). The molecule has 0 radical (unpaired) electrons. The third kappa shape index (κ3) is 3.35. The second-order valence-electron chi connectivity index (χ2n) is 4.14. The van der Waals surface area contributed by atoms with Crippen molar-refractivity contribution in [1.82, 2.24) is 9.97 Å². The van der Waals surface area contributed by atoms with Crippen molar-refractivity contribution in [3.05, 3.63) is 46.7 Å². The summed E-state index contributed by atoms with van der Waals surface area (Å²) in [5, 5.41) is 7.16. The van der Waals surface area contributed by atoms with Crippen LogP contribution in [0.25, 0.3) is 0 Å². The summed E-state index contributed by atoms with van der Waals surface area (Å²) in [5.74, 6) is 1.73. The molecule has 0 saturated heterocycles. The number of benzene rings is 1. The highest BCUT2D eigenvalue weighted by Gasteiger charge is 2.08. The number of hydrogen-bond acceptors (Lipinski definition) is 4. The summed E-state index contributed by atoms with van der Waals surface area (Å²) in [6, 6.07) is 7.79. The number of nitrogens with one attached hydrogen (secondary N) is 2. The molecule has 0 amide bonds. The summed E-state index contributed by atoms with van der Waals surface area (Å²) in [6.45, 7) is 2.78. The molecule has 0 atom stereocenters. The van der Waals surface area contributed by atoms with Crippen LogP contribution in [-0.4, -0.2) is 17.0 Å². The van der Waals surface area contributed by atoms with Gasteiger partial charge in [-0.05, 0) is 24.1 Å². The fraction of sp³-hybridized carbons (Fsp3) is 0.286. The summed E-state index contributed by atoms with van der Waals surface area (Å²) < 4.78 is 0. The number of aromatic nitrogens is 2. The van der Waals surface area contributed by atoms with Crippen LogP contribution in [0.5, 0.6) is 0 Å². The van der Waals surface area contributed by atoms with Crippen molar-refractivity contribution in [1.29, 1.82) is 0 Å². The predicted molar refractivity (Wildman–Crippen MR) is 79.7 cm³/mol. The lowest BCUT2D eigenvalue weighted by Crippen LogP contribution is -2.08. The average Bonchev–Trinajstić information content (AvgIpc) is 2.44. The highest BCUT2D eigenvalue weighted by molar-refractivity contribution is 6.30. The first-order valence-corrected chi connectivity index (χ1v) is 6.62. The van der Waals surface area contributed by atoms with Crippen molar-refractivity contribution in [3.63, 3.8) is 0 Å². The van der Waals surface area contributed by atoms with Gasteiger partial charge < -0.3 is 10.6 Å². The van der Waals surface area contributed by atoms with Crippen LogP contribution in [0.2, 0.25) is 5.02 Å². The number of halogens is 1. The summed E-state index contributed by atoms with van der Waals surface area (Å²) in [4.78, 5) is 8.51. The molecule has 1 aromatic carbocycles. The molecule has 1 aromatic heterocycles. The van der Waals surface area contributed by atoms with Gasteiger partial charge in [-0.3, -0.25) is 0 Å². The van der Waals surface area contributed by atoms with E-state index in [1.165, 1.54) is 0 Å². The van der Waals surface area contributed by atoms with Gasteiger partial charge >= 0.3 is 0 Å². The first-order valence-electron chi connectivity index (χ1n) is 6.24. The van der Waals surface area contributed by atoms with Crippen LogP contribution in [0.3, 0.4) is 0 Å². The van der Waals surface area contributed by atoms with Crippen LogP contribution in [0, 0.1) is 0 Å². The quantitative estimate of drug-likeness (QED) is 0.879. The van der Waals surface area contributed by atoms with Crippen molar-refractivity contribution in [3.8, 4) is 0 Å². The van der Waals surface area contributed by atoms with E-state index in [0.717, 1.165) is 34.2 Å². The Morgan fingerprint density at radius 1 is 1.21 bits per heavy atom. The second-order valence-corrected chi connectivity index (χ2v) is 4.57. The minimum atomic E-state index is 0.688. The van der Waals surface area contributed by atoms with Gasteiger partial charge in [0.25, 0.3) is 0 Å². The van der Waals surface area contributed by atoms with Crippen LogP contribution in [0.1, 0.15) is 18.1 Å². The number of anilines is 2. The van der Waals surface area contributed by atoms with E-state index in [0.29, 0.717) is 6.54 Å². The van der Waals surface area contributed by atoms with Gasteiger partial charge in [-0.1, -0.05) is 30.7 Å². The third-order valence-corrected chi connectivity index (χ3v) is 3.12. The maximum absolute atomic E-state index is 5.97. The third-order valence-electron chi connectivity index (χ3n) is 2.88. The normalized spacial score (nSPS) is 10.3. The topological polar surface area (TPSA) is 49.8 Å². The zero-order valence-electron chi connectivity index (χ0n) is 11.1. The molecule has 0 aliphatic carbocycles. The average molecular weight is 277 g/mol. The monoisotopic (exact) mass is 276 g/mol. The van der Waals surface area contributed by atoms with Crippen molar-refractivity contribution in [2.75, 3.05) is 17.7 Å². The van der Waals surface area contributed by atoms with Gasteiger partial charge in [0.2, 0.25) is 0 Å². The Hall–Kier alpha value is -1.81. The fourth-order valence-corrected chi connectivity index (χ4v) is 2.16. The van der Waals surface area contributed by atoms with Gasteiger partial charge in [0.05, 0.1) is 0 Å². The summed E-state index contributed by atoms with van der Waals surface area (Å²) in [7, 11) is 1.86. The maximum Gasteiger partial charge on any atom is 0.134 e.